The van der Waals surface area contributed by atoms with Crippen molar-refractivity contribution >= 4 is 34.8 Å². The first kappa shape index (κ1) is 17.7. The van der Waals surface area contributed by atoms with Gasteiger partial charge in [-0.25, -0.2) is 0 Å². The van der Waals surface area contributed by atoms with Crippen molar-refractivity contribution in [3.05, 3.63) is 54.1 Å². The van der Waals surface area contributed by atoms with Crippen LogP contribution >= 0.6 is 0 Å². The lowest BCUT2D eigenvalue weighted by Gasteiger charge is -2.16. The van der Waals surface area contributed by atoms with Gasteiger partial charge in [-0.05, 0) is 50.1 Å². The molecule has 0 radical (unpaired) electrons. The zero-order chi connectivity index (χ0) is 18.7. The molecule has 0 spiro atoms. The topological polar surface area (TPSA) is 87.3 Å². The Balaban J connectivity index is 1.68. The number of anilines is 3. The SMILES string of the molecule is CC(=O)Nc1cccc(NC(=O)C2(C(=O)Nc3ccc(C)cc3)CC2)c1. The second-order valence-electron chi connectivity index (χ2n) is 6.62. The summed E-state index contributed by atoms with van der Waals surface area (Å²) in [7, 11) is 0. The lowest BCUT2D eigenvalue weighted by molar-refractivity contribution is -0.131. The second kappa shape index (κ2) is 7.00. The Morgan fingerprint density at radius 3 is 1.88 bits per heavy atom. The van der Waals surface area contributed by atoms with E-state index < -0.39 is 5.41 Å². The van der Waals surface area contributed by atoms with Crippen molar-refractivity contribution < 1.29 is 14.4 Å². The molecule has 26 heavy (non-hydrogen) atoms. The van der Waals surface area contributed by atoms with Gasteiger partial charge in [0.15, 0.2) is 0 Å². The third-order valence-electron chi connectivity index (χ3n) is 4.37. The fourth-order valence-corrected chi connectivity index (χ4v) is 2.70. The normalized spacial score (nSPS) is 14.2. The molecule has 2 aromatic rings. The third-order valence-corrected chi connectivity index (χ3v) is 4.37. The van der Waals surface area contributed by atoms with E-state index in [1.54, 1.807) is 24.3 Å². The first-order valence-corrected chi connectivity index (χ1v) is 8.46. The molecule has 0 aliphatic heterocycles. The van der Waals surface area contributed by atoms with Crippen molar-refractivity contribution in [3.63, 3.8) is 0 Å². The number of amides is 3. The van der Waals surface area contributed by atoms with Crippen molar-refractivity contribution in [2.75, 3.05) is 16.0 Å². The molecule has 0 atom stereocenters. The van der Waals surface area contributed by atoms with Gasteiger partial charge in [-0.3, -0.25) is 14.4 Å². The smallest absolute Gasteiger partial charge is 0.240 e. The maximum Gasteiger partial charge on any atom is 0.240 e. The summed E-state index contributed by atoms with van der Waals surface area (Å²) in [6.45, 7) is 3.39. The number of aryl methyl sites for hydroxylation is 1. The average Bonchev–Trinajstić information content (AvgIpc) is 3.38. The van der Waals surface area contributed by atoms with E-state index in [-0.39, 0.29) is 17.7 Å². The van der Waals surface area contributed by atoms with Crippen molar-refractivity contribution in [2.24, 2.45) is 5.41 Å². The van der Waals surface area contributed by atoms with Gasteiger partial charge in [0.2, 0.25) is 17.7 Å². The van der Waals surface area contributed by atoms with E-state index in [1.807, 2.05) is 31.2 Å². The molecule has 1 fully saturated rings. The van der Waals surface area contributed by atoms with Gasteiger partial charge in [0, 0.05) is 24.0 Å². The Hall–Kier alpha value is -3.15. The number of hydrogen-bond acceptors (Lipinski definition) is 3. The van der Waals surface area contributed by atoms with Gasteiger partial charge in [-0.1, -0.05) is 23.8 Å². The summed E-state index contributed by atoms with van der Waals surface area (Å²) in [5, 5.41) is 8.27. The number of nitrogens with one attached hydrogen (secondary N) is 3. The van der Waals surface area contributed by atoms with Crippen LogP contribution in [0.4, 0.5) is 17.1 Å². The maximum atomic E-state index is 12.7. The van der Waals surface area contributed by atoms with Crippen LogP contribution in [0.3, 0.4) is 0 Å². The van der Waals surface area contributed by atoms with E-state index in [9.17, 15) is 14.4 Å². The Morgan fingerprint density at radius 2 is 1.35 bits per heavy atom. The summed E-state index contributed by atoms with van der Waals surface area (Å²) in [6.07, 6.45) is 1.03. The van der Waals surface area contributed by atoms with Crippen LogP contribution < -0.4 is 16.0 Å². The molecule has 0 unspecified atom stereocenters. The van der Waals surface area contributed by atoms with Gasteiger partial charge < -0.3 is 16.0 Å². The predicted molar refractivity (Wildman–Crippen MR) is 101 cm³/mol. The lowest BCUT2D eigenvalue weighted by atomic mass is 10.0. The van der Waals surface area contributed by atoms with Crippen molar-refractivity contribution in [3.8, 4) is 0 Å². The highest BCUT2D eigenvalue weighted by molar-refractivity contribution is 6.17. The second-order valence-corrected chi connectivity index (χ2v) is 6.62. The highest BCUT2D eigenvalue weighted by Gasteiger charge is 2.56. The first-order chi connectivity index (χ1) is 12.4. The van der Waals surface area contributed by atoms with Gasteiger partial charge in [-0.15, -0.1) is 0 Å². The minimum atomic E-state index is -1.03. The van der Waals surface area contributed by atoms with E-state index in [2.05, 4.69) is 16.0 Å². The van der Waals surface area contributed by atoms with Crippen molar-refractivity contribution in [1.29, 1.82) is 0 Å². The minimum absolute atomic E-state index is 0.190. The standard InChI is InChI=1S/C20H21N3O3/c1-13-6-8-15(9-7-13)22-18(25)20(10-11-20)19(26)23-17-5-3-4-16(12-17)21-14(2)24/h3-9,12H,10-11H2,1-2H3,(H,21,24)(H,22,25)(H,23,26). The van der Waals surface area contributed by atoms with Crippen LogP contribution in [0.25, 0.3) is 0 Å². The van der Waals surface area contributed by atoms with E-state index in [4.69, 9.17) is 0 Å². The molecular weight excluding hydrogens is 330 g/mol. The molecule has 134 valence electrons. The third kappa shape index (κ3) is 3.91. The van der Waals surface area contributed by atoms with Crippen LogP contribution in [0.15, 0.2) is 48.5 Å². The lowest BCUT2D eigenvalue weighted by Crippen LogP contribution is -2.35. The summed E-state index contributed by atoms with van der Waals surface area (Å²) < 4.78 is 0. The number of rotatable bonds is 5. The number of carbonyl (C=O) groups is 3. The Labute approximate surface area is 152 Å². The molecule has 3 N–H and O–H groups in total. The molecule has 0 heterocycles. The van der Waals surface area contributed by atoms with Gasteiger partial charge >= 0.3 is 0 Å². The summed E-state index contributed by atoms with van der Waals surface area (Å²) >= 11 is 0. The fourth-order valence-electron chi connectivity index (χ4n) is 2.70. The molecule has 0 aromatic heterocycles. The molecule has 2 aromatic carbocycles. The maximum absolute atomic E-state index is 12.7. The molecule has 6 heteroatoms. The summed E-state index contributed by atoms with van der Waals surface area (Å²) in [5.74, 6) is -0.816. The Kier molecular flexibility index (Phi) is 4.75. The number of benzene rings is 2. The summed E-state index contributed by atoms with van der Waals surface area (Å²) in [4.78, 5) is 36.4. The van der Waals surface area contributed by atoms with E-state index in [0.29, 0.717) is 29.9 Å². The molecule has 3 rings (SSSR count). The highest BCUT2D eigenvalue weighted by atomic mass is 16.2. The van der Waals surface area contributed by atoms with Gasteiger partial charge in [0.05, 0.1) is 0 Å². The van der Waals surface area contributed by atoms with Gasteiger partial charge in [-0.2, -0.15) is 0 Å². The fraction of sp³-hybridized carbons (Fsp3) is 0.250. The van der Waals surface area contributed by atoms with Crippen LogP contribution in [-0.4, -0.2) is 17.7 Å². The molecule has 0 bridgehead atoms. The van der Waals surface area contributed by atoms with E-state index >= 15 is 0 Å². The molecule has 0 saturated heterocycles. The highest BCUT2D eigenvalue weighted by Crippen LogP contribution is 2.47. The largest absolute Gasteiger partial charge is 0.326 e. The summed E-state index contributed by atoms with van der Waals surface area (Å²) in [5.41, 5.74) is 1.86. The molecule has 1 saturated carbocycles. The molecule has 6 nitrogen and oxygen atoms in total. The average molecular weight is 351 g/mol. The zero-order valence-electron chi connectivity index (χ0n) is 14.8. The molecule has 1 aliphatic carbocycles. The number of hydrogen-bond donors (Lipinski definition) is 3. The van der Waals surface area contributed by atoms with Crippen LogP contribution in [0.5, 0.6) is 0 Å². The predicted octanol–water partition coefficient (Wildman–Crippen LogP) is 3.31. The van der Waals surface area contributed by atoms with Crippen LogP contribution in [0.1, 0.15) is 25.3 Å². The minimum Gasteiger partial charge on any atom is -0.326 e. The van der Waals surface area contributed by atoms with Crippen LogP contribution in [0, 0.1) is 12.3 Å². The molecule has 3 amide bonds. The van der Waals surface area contributed by atoms with Crippen LogP contribution in [-0.2, 0) is 14.4 Å². The Bertz CT molecular complexity index is 855. The quantitative estimate of drug-likeness (QED) is 0.722. The number of carbonyl (C=O) groups excluding carboxylic acids is 3. The van der Waals surface area contributed by atoms with Crippen molar-refractivity contribution in [2.45, 2.75) is 26.7 Å². The summed E-state index contributed by atoms with van der Waals surface area (Å²) in [6, 6.07) is 14.3. The van der Waals surface area contributed by atoms with Gasteiger partial charge in [0.1, 0.15) is 5.41 Å². The van der Waals surface area contributed by atoms with Gasteiger partial charge in [0.25, 0.3) is 0 Å². The monoisotopic (exact) mass is 351 g/mol. The zero-order valence-corrected chi connectivity index (χ0v) is 14.8. The Morgan fingerprint density at radius 1 is 0.808 bits per heavy atom. The van der Waals surface area contributed by atoms with Crippen molar-refractivity contribution in [1.82, 2.24) is 0 Å². The van der Waals surface area contributed by atoms with Crippen LogP contribution in [0.2, 0.25) is 0 Å². The molecular formula is C20H21N3O3. The first-order valence-electron chi connectivity index (χ1n) is 8.46. The van der Waals surface area contributed by atoms with E-state index in [0.717, 1.165) is 5.56 Å². The van der Waals surface area contributed by atoms with E-state index in [1.165, 1.54) is 6.92 Å². The molecule has 1 aliphatic rings.